The molecule has 0 radical (unpaired) electrons. The molecule has 0 bridgehead atoms. The molecule has 0 aliphatic rings. The maximum absolute atomic E-state index is 11.0. The number of thiocarbonyl (C=S) groups is 1. The van der Waals surface area contributed by atoms with E-state index in [0.717, 1.165) is 0 Å². The number of isothiocyanates is 1. The van der Waals surface area contributed by atoms with E-state index < -0.39 is 5.97 Å². The van der Waals surface area contributed by atoms with E-state index in [4.69, 9.17) is 0 Å². The van der Waals surface area contributed by atoms with Gasteiger partial charge in [-0.2, -0.15) is 4.99 Å². The van der Waals surface area contributed by atoms with E-state index in [-0.39, 0.29) is 5.69 Å². The lowest BCUT2D eigenvalue weighted by molar-refractivity contribution is 0.0596. The highest BCUT2D eigenvalue weighted by molar-refractivity contribution is 7.78. The highest BCUT2D eigenvalue weighted by atomic mass is 32.1. The van der Waals surface area contributed by atoms with E-state index in [2.05, 4.69) is 32.1 Å². The smallest absolute Gasteiger partial charge is 0.356 e. The first-order valence-corrected chi connectivity index (χ1v) is 3.54. The molecular weight excluding hydrogens is 176 g/mol. The van der Waals surface area contributed by atoms with Gasteiger partial charge in [-0.1, -0.05) is 0 Å². The predicted molar refractivity (Wildman–Crippen MR) is 46.8 cm³/mol. The molecule has 0 saturated heterocycles. The van der Waals surface area contributed by atoms with Gasteiger partial charge in [-0.3, -0.25) is 0 Å². The van der Waals surface area contributed by atoms with Gasteiger partial charge in [-0.05, 0) is 18.3 Å². The highest BCUT2D eigenvalue weighted by Gasteiger charge is 2.11. The summed E-state index contributed by atoms with van der Waals surface area (Å²) in [5.41, 5.74) is 0.728. The zero-order valence-corrected chi connectivity index (χ0v) is 7.14. The summed E-state index contributed by atoms with van der Waals surface area (Å²) in [6, 6.07) is 1.62. The molecule has 0 aliphatic heterocycles. The van der Waals surface area contributed by atoms with Crippen molar-refractivity contribution in [2.45, 2.75) is 0 Å². The van der Waals surface area contributed by atoms with Gasteiger partial charge in [0.15, 0.2) is 5.69 Å². The molecule has 0 fully saturated rings. The summed E-state index contributed by atoms with van der Waals surface area (Å²) in [5.74, 6) is -0.469. The third-order valence-corrected chi connectivity index (χ3v) is 1.37. The van der Waals surface area contributed by atoms with Crippen LogP contribution in [0.4, 0.5) is 5.69 Å². The minimum absolute atomic E-state index is 0.287. The van der Waals surface area contributed by atoms with E-state index >= 15 is 0 Å². The molecule has 62 valence electrons. The molecule has 0 atom stereocenters. The van der Waals surface area contributed by atoms with E-state index in [1.165, 1.54) is 7.11 Å². The molecule has 1 rings (SSSR count). The summed E-state index contributed by atoms with van der Waals surface area (Å²) >= 11 is 4.40. The standard InChI is InChI=1S/C7H6N2O2S/c1-11-7(10)6-5(9-4-12)2-3-8-6/h2-3,8H,1H3. The molecule has 0 unspecified atom stereocenters. The molecule has 1 aromatic heterocycles. The second kappa shape index (κ2) is 3.80. The minimum atomic E-state index is -0.469. The Bertz CT molecular complexity index is 339. The molecule has 0 spiro atoms. The summed E-state index contributed by atoms with van der Waals surface area (Å²) in [7, 11) is 1.30. The normalized spacial score (nSPS) is 8.75. The fourth-order valence-corrected chi connectivity index (χ4v) is 0.867. The average molecular weight is 182 g/mol. The molecule has 0 aromatic carbocycles. The third kappa shape index (κ3) is 1.58. The average Bonchev–Trinajstić information content (AvgIpc) is 2.52. The van der Waals surface area contributed by atoms with Crippen molar-refractivity contribution in [3.05, 3.63) is 18.0 Å². The van der Waals surface area contributed by atoms with Crippen molar-refractivity contribution >= 4 is 29.0 Å². The Morgan fingerprint density at radius 1 is 1.83 bits per heavy atom. The van der Waals surface area contributed by atoms with Crippen molar-refractivity contribution in [1.82, 2.24) is 4.98 Å². The Morgan fingerprint density at radius 2 is 2.58 bits per heavy atom. The van der Waals surface area contributed by atoms with Crippen molar-refractivity contribution in [2.24, 2.45) is 4.99 Å². The van der Waals surface area contributed by atoms with Crippen LogP contribution in [-0.4, -0.2) is 23.2 Å². The van der Waals surface area contributed by atoms with Crippen LogP contribution in [-0.2, 0) is 4.74 Å². The fourth-order valence-electron chi connectivity index (χ4n) is 0.769. The van der Waals surface area contributed by atoms with Crippen molar-refractivity contribution in [3.63, 3.8) is 0 Å². The van der Waals surface area contributed by atoms with E-state index in [1.54, 1.807) is 12.3 Å². The number of esters is 1. The molecule has 1 aromatic rings. The van der Waals surface area contributed by atoms with Gasteiger partial charge in [0.1, 0.15) is 5.69 Å². The van der Waals surface area contributed by atoms with Gasteiger partial charge >= 0.3 is 5.97 Å². The van der Waals surface area contributed by atoms with Gasteiger partial charge in [0.05, 0.1) is 12.3 Å². The molecule has 1 heterocycles. The number of ether oxygens (including phenoxy) is 1. The first-order chi connectivity index (χ1) is 5.79. The van der Waals surface area contributed by atoms with Gasteiger partial charge in [-0.15, -0.1) is 0 Å². The monoisotopic (exact) mass is 182 g/mol. The predicted octanol–water partition coefficient (Wildman–Crippen LogP) is 1.54. The van der Waals surface area contributed by atoms with Crippen LogP contribution in [0.15, 0.2) is 17.3 Å². The van der Waals surface area contributed by atoms with Gasteiger partial charge in [-0.25, -0.2) is 4.79 Å². The lowest BCUT2D eigenvalue weighted by Gasteiger charge is -1.94. The number of H-pyrrole nitrogens is 1. The molecule has 5 heteroatoms. The molecule has 0 saturated carbocycles. The lowest BCUT2D eigenvalue weighted by atomic mass is 10.4. The first-order valence-electron chi connectivity index (χ1n) is 3.13. The number of aromatic nitrogens is 1. The lowest BCUT2D eigenvalue weighted by Crippen LogP contribution is -2.01. The fraction of sp³-hybridized carbons (Fsp3) is 0.143. The molecule has 0 aliphatic carbocycles. The third-order valence-electron chi connectivity index (χ3n) is 1.28. The topological polar surface area (TPSA) is 54.5 Å². The van der Waals surface area contributed by atoms with E-state index in [0.29, 0.717) is 5.69 Å². The quantitative estimate of drug-likeness (QED) is 0.428. The minimum Gasteiger partial charge on any atom is -0.464 e. The molecular formula is C7H6N2O2S. The maximum atomic E-state index is 11.0. The van der Waals surface area contributed by atoms with E-state index in [1.807, 2.05) is 0 Å². The number of methoxy groups -OCH3 is 1. The Morgan fingerprint density at radius 3 is 3.17 bits per heavy atom. The molecule has 12 heavy (non-hydrogen) atoms. The zero-order valence-electron chi connectivity index (χ0n) is 6.33. The number of nitrogens with zero attached hydrogens (tertiary/aromatic N) is 1. The number of aromatic amines is 1. The summed E-state index contributed by atoms with van der Waals surface area (Å²) < 4.78 is 4.49. The Labute approximate surface area is 74.3 Å². The first kappa shape index (κ1) is 8.64. The summed E-state index contributed by atoms with van der Waals surface area (Å²) in [6.45, 7) is 0. The van der Waals surface area contributed by atoms with Crippen LogP contribution >= 0.6 is 12.2 Å². The number of nitrogens with one attached hydrogen (secondary N) is 1. The number of carbonyl (C=O) groups is 1. The van der Waals surface area contributed by atoms with Crippen LogP contribution in [0.2, 0.25) is 0 Å². The molecule has 1 N–H and O–H groups in total. The molecule has 0 amide bonds. The SMILES string of the molecule is COC(=O)c1[nH]ccc1N=C=S. The van der Waals surface area contributed by atoms with Gasteiger partial charge in [0, 0.05) is 6.20 Å². The number of carbonyl (C=O) groups excluding carboxylic acids is 1. The Balaban J connectivity index is 3.06. The Kier molecular flexibility index (Phi) is 2.74. The number of hydrogen-bond donors (Lipinski definition) is 1. The van der Waals surface area contributed by atoms with Gasteiger partial charge < -0.3 is 9.72 Å². The summed E-state index contributed by atoms with van der Waals surface area (Å²) in [4.78, 5) is 17.3. The van der Waals surface area contributed by atoms with Gasteiger partial charge in [0.2, 0.25) is 0 Å². The van der Waals surface area contributed by atoms with E-state index in [9.17, 15) is 4.79 Å². The van der Waals surface area contributed by atoms with Crippen LogP contribution < -0.4 is 0 Å². The maximum Gasteiger partial charge on any atom is 0.356 e. The highest BCUT2D eigenvalue weighted by Crippen LogP contribution is 2.16. The zero-order chi connectivity index (χ0) is 8.97. The van der Waals surface area contributed by atoms with Crippen LogP contribution in [0.1, 0.15) is 10.5 Å². The second-order valence-corrected chi connectivity index (χ2v) is 2.12. The number of hydrogen-bond acceptors (Lipinski definition) is 4. The van der Waals surface area contributed by atoms with Crippen LogP contribution in [0, 0.1) is 0 Å². The Hall–Kier alpha value is -1.45. The largest absolute Gasteiger partial charge is 0.464 e. The molecule has 4 nitrogen and oxygen atoms in total. The van der Waals surface area contributed by atoms with Crippen LogP contribution in [0.5, 0.6) is 0 Å². The van der Waals surface area contributed by atoms with Crippen molar-refractivity contribution in [1.29, 1.82) is 0 Å². The van der Waals surface area contributed by atoms with Crippen molar-refractivity contribution < 1.29 is 9.53 Å². The van der Waals surface area contributed by atoms with Crippen molar-refractivity contribution in [2.75, 3.05) is 7.11 Å². The number of rotatable bonds is 2. The second-order valence-electron chi connectivity index (χ2n) is 1.93. The van der Waals surface area contributed by atoms with Crippen LogP contribution in [0.25, 0.3) is 0 Å². The summed E-state index contributed by atoms with van der Waals surface area (Å²) in [5, 5.41) is 2.17. The van der Waals surface area contributed by atoms with Crippen molar-refractivity contribution in [3.8, 4) is 0 Å². The van der Waals surface area contributed by atoms with Crippen LogP contribution in [0.3, 0.4) is 0 Å². The number of aliphatic imine (C=N–C) groups is 1. The summed E-state index contributed by atoms with van der Waals surface area (Å²) in [6.07, 6.45) is 1.58. The van der Waals surface area contributed by atoms with Gasteiger partial charge in [0.25, 0.3) is 0 Å².